The van der Waals surface area contributed by atoms with Crippen LogP contribution in [0.2, 0.25) is 0 Å². The van der Waals surface area contributed by atoms with Crippen molar-refractivity contribution in [3.05, 3.63) is 52.9 Å². The molecule has 0 bridgehead atoms. The van der Waals surface area contributed by atoms with Crippen LogP contribution in [-0.2, 0) is 6.54 Å². The second-order valence-corrected chi connectivity index (χ2v) is 4.62. The zero-order valence-electron chi connectivity index (χ0n) is 9.42. The van der Waals surface area contributed by atoms with E-state index >= 15 is 0 Å². The standard InChI is InChI=1S/C12H10BrN5/c13-10-2-1-7-18-11(10)16-12(17-18)15-8-9-3-5-14-6-4-9/h1-7H,8H2,(H,15,17). The van der Waals surface area contributed by atoms with E-state index in [1.54, 1.807) is 16.9 Å². The summed E-state index contributed by atoms with van der Waals surface area (Å²) in [7, 11) is 0. The summed E-state index contributed by atoms with van der Waals surface area (Å²) in [4.78, 5) is 8.38. The van der Waals surface area contributed by atoms with E-state index in [4.69, 9.17) is 0 Å². The number of pyridine rings is 2. The minimum Gasteiger partial charge on any atom is -0.349 e. The normalized spacial score (nSPS) is 10.7. The lowest BCUT2D eigenvalue weighted by molar-refractivity contribution is 0.947. The van der Waals surface area contributed by atoms with Gasteiger partial charge in [0.1, 0.15) is 0 Å². The maximum atomic E-state index is 4.41. The Kier molecular flexibility index (Phi) is 2.93. The van der Waals surface area contributed by atoms with Crippen molar-refractivity contribution in [2.75, 3.05) is 5.32 Å². The fraction of sp³-hybridized carbons (Fsp3) is 0.0833. The van der Waals surface area contributed by atoms with E-state index in [2.05, 4.69) is 36.3 Å². The van der Waals surface area contributed by atoms with Crippen molar-refractivity contribution in [2.45, 2.75) is 6.54 Å². The lowest BCUT2D eigenvalue weighted by Gasteiger charge is -2.00. The van der Waals surface area contributed by atoms with Gasteiger partial charge in [0.15, 0.2) is 5.65 Å². The summed E-state index contributed by atoms with van der Waals surface area (Å²) in [5, 5.41) is 7.52. The third kappa shape index (κ3) is 2.19. The molecule has 1 N–H and O–H groups in total. The molecule has 0 aliphatic carbocycles. The maximum Gasteiger partial charge on any atom is 0.243 e. The molecule has 3 rings (SSSR count). The van der Waals surface area contributed by atoms with Gasteiger partial charge in [-0.05, 0) is 45.8 Å². The Morgan fingerprint density at radius 2 is 2.06 bits per heavy atom. The van der Waals surface area contributed by atoms with Gasteiger partial charge in [-0.3, -0.25) is 4.98 Å². The molecule has 90 valence electrons. The summed E-state index contributed by atoms with van der Waals surface area (Å²) in [6, 6.07) is 7.77. The van der Waals surface area contributed by atoms with Gasteiger partial charge in [0.05, 0.1) is 4.47 Å². The third-order valence-corrected chi connectivity index (χ3v) is 3.13. The molecular formula is C12H10BrN5. The highest BCUT2D eigenvalue weighted by Gasteiger charge is 2.05. The van der Waals surface area contributed by atoms with Gasteiger partial charge in [-0.2, -0.15) is 4.98 Å². The van der Waals surface area contributed by atoms with Crippen molar-refractivity contribution in [3.8, 4) is 0 Å². The Morgan fingerprint density at radius 3 is 2.83 bits per heavy atom. The largest absolute Gasteiger partial charge is 0.349 e. The van der Waals surface area contributed by atoms with Gasteiger partial charge in [0.2, 0.25) is 5.95 Å². The van der Waals surface area contributed by atoms with Crippen LogP contribution in [0.5, 0.6) is 0 Å². The average molecular weight is 304 g/mol. The van der Waals surface area contributed by atoms with Crippen LogP contribution in [-0.4, -0.2) is 19.6 Å². The molecule has 0 unspecified atom stereocenters. The van der Waals surface area contributed by atoms with E-state index in [1.165, 1.54) is 0 Å². The lowest BCUT2D eigenvalue weighted by atomic mass is 10.3. The summed E-state index contributed by atoms with van der Waals surface area (Å²) in [5.41, 5.74) is 1.94. The SMILES string of the molecule is Brc1cccn2nc(NCc3ccncc3)nc12. The number of nitrogens with zero attached hydrogens (tertiary/aromatic N) is 4. The molecule has 0 radical (unpaired) electrons. The predicted octanol–water partition coefficient (Wildman–Crippen LogP) is 2.50. The van der Waals surface area contributed by atoms with Gasteiger partial charge >= 0.3 is 0 Å². The van der Waals surface area contributed by atoms with Gasteiger partial charge in [-0.1, -0.05) is 0 Å². The van der Waals surface area contributed by atoms with E-state index in [1.807, 2.05) is 30.5 Å². The van der Waals surface area contributed by atoms with Gasteiger partial charge in [0.25, 0.3) is 0 Å². The highest BCUT2D eigenvalue weighted by Crippen LogP contribution is 2.16. The Bertz CT molecular complexity index is 665. The molecule has 0 aliphatic rings. The quantitative estimate of drug-likeness (QED) is 0.808. The molecular weight excluding hydrogens is 294 g/mol. The summed E-state index contributed by atoms with van der Waals surface area (Å²) in [6.45, 7) is 0.678. The molecule has 0 fully saturated rings. The second-order valence-electron chi connectivity index (χ2n) is 3.77. The van der Waals surface area contributed by atoms with Crippen LogP contribution in [0.25, 0.3) is 5.65 Å². The molecule has 0 aromatic carbocycles. The number of anilines is 1. The van der Waals surface area contributed by atoms with Crippen LogP contribution in [0.1, 0.15) is 5.56 Å². The first-order chi connectivity index (χ1) is 8.83. The second kappa shape index (κ2) is 4.73. The molecule has 0 atom stereocenters. The molecule has 0 amide bonds. The molecule has 18 heavy (non-hydrogen) atoms. The Balaban J connectivity index is 1.81. The summed E-state index contributed by atoms with van der Waals surface area (Å²) in [6.07, 6.45) is 5.40. The molecule has 0 saturated carbocycles. The summed E-state index contributed by atoms with van der Waals surface area (Å²) in [5.74, 6) is 0.610. The molecule has 0 saturated heterocycles. The van der Waals surface area contributed by atoms with Crippen LogP contribution in [0, 0.1) is 0 Å². The van der Waals surface area contributed by atoms with E-state index in [0.29, 0.717) is 12.5 Å². The van der Waals surface area contributed by atoms with E-state index in [0.717, 1.165) is 15.7 Å². The zero-order valence-corrected chi connectivity index (χ0v) is 11.0. The van der Waals surface area contributed by atoms with Crippen LogP contribution in [0.15, 0.2) is 47.3 Å². The van der Waals surface area contributed by atoms with E-state index < -0.39 is 0 Å². The highest BCUT2D eigenvalue weighted by atomic mass is 79.9. The zero-order chi connectivity index (χ0) is 12.4. The van der Waals surface area contributed by atoms with Gasteiger partial charge in [0, 0.05) is 25.1 Å². The highest BCUT2D eigenvalue weighted by molar-refractivity contribution is 9.10. The van der Waals surface area contributed by atoms with Gasteiger partial charge in [-0.15, -0.1) is 5.10 Å². The summed E-state index contributed by atoms with van der Waals surface area (Å²) >= 11 is 3.45. The number of hydrogen-bond acceptors (Lipinski definition) is 4. The number of hydrogen-bond donors (Lipinski definition) is 1. The first kappa shape index (κ1) is 11.2. The number of rotatable bonds is 3. The Labute approximate surface area is 112 Å². The number of fused-ring (bicyclic) bond motifs is 1. The van der Waals surface area contributed by atoms with Crippen molar-refractivity contribution in [1.29, 1.82) is 0 Å². The predicted molar refractivity (Wildman–Crippen MR) is 72.3 cm³/mol. The van der Waals surface area contributed by atoms with Crippen molar-refractivity contribution in [2.24, 2.45) is 0 Å². The molecule has 5 nitrogen and oxygen atoms in total. The fourth-order valence-electron chi connectivity index (χ4n) is 1.63. The average Bonchev–Trinajstić information content (AvgIpc) is 2.82. The Morgan fingerprint density at radius 1 is 1.22 bits per heavy atom. The van der Waals surface area contributed by atoms with E-state index in [-0.39, 0.29) is 0 Å². The molecule has 0 aliphatic heterocycles. The lowest BCUT2D eigenvalue weighted by Crippen LogP contribution is -2.01. The first-order valence-electron chi connectivity index (χ1n) is 5.46. The summed E-state index contributed by atoms with van der Waals surface area (Å²) < 4.78 is 2.66. The Hall–Kier alpha value is -1.95. The number of aromatic nitrogens is 4. The van der Waals surface area contributed by atoms with Gasteiger partial charge in [-0.25, -0.2) is 4.52 Å². The number of nitrogens with one attached hydrogen (secondary N) is 1. The minimum absolute atomic E-state index is 0.610. The molecule has 3 aromatic rings. The first-order valence-corrected chi connectivity index (χ1v) is 6.26. The van der Waals surface area contributed by atoms with Crippen molar-refractivity contribution in [3.63, 3.8) is 0 Å². The third-order valence-electron chi connectivity index (χ3n) is 2.51. The molecule has 3 aromatic heterocycles. The molecule has 6 heteroatoms. The smallest absolute Gasteiger partial charge is 0.243 e. The minimum atomic E-state index is 0.610. The maximum absolute atomic E-state index is 4.41. The molecule has 0 spiro atoms. The van der Waals surface area contributed by atoms with Crippen molar-refractivity contribution < 1.29 is 0 Å². The topological polar surface area (TPSA) is 55.1 Å². The fourth-order valence-corrected chi connectivity index (χ4v) is 2.05. The van der Waals surface area contributed by atoms with Crippen LogP contribution >= 0.6 is 15.9 Å². The van der Waals surface area contributed by atoms with Crippen LogP contribution < -0.4 is 5.32 Å². The monoisotopic (exact) mass is 303 g/mol. The number of halogens is 1. The van der Waals surface area contributed by atoms with Crippen molar-refractivity contribution >= 4 is 27.5 Å². The van der Waals surface area contributed by atoms with E-state index in [9.17, 15) is 0 Å². The van der Waals surface area contributed by atoms with Gasteiger partial charge < -0.3 is 5.32 Å². The van der Waals surface area contributed by atoms with Crippen LogP contribution in [0.3, 0.4) is 0 Å². The molecule has 3 heterocycles. The van der Waals surface area contributed by atoms with Crippen molar-refractivity contribution in [1.82, 2.24) is 19.6 Å². The van der Waals surface area contributed by atoms with Crippen LogP contribution in [0.4, 0.5) is 5.95 Å².